The first-order valence-corrected chi connectivity index (χ1v) is 13.3. The molecule has 1 unspecified atom stereocenters. The van der Waals surface area contributed by atoms with E-state index in [1.165, 1.54) is 0 Å². The van der Waals surface area contributed by atoms with Crippen LogP contribution in [0.5, 0.6) is 0 Å². The van der Waals surface area contributed by atoms with Gasteiger partial charge in [0.25, 0.3) is 0 Å². The molecule has 0 aromatic carbocycles. The molecule has 88 valence electrons. The van der Waals surface area contributed by atoms with Gasteiger partial charge in [-0.05, 0) is 0 Å². The van der Waals surface area contributed by atoms with Gasteiger partial charge in [-0.25, -0.2) is 0 Å². The molecule has 0 bridgehead atoms. The predicted molar refractivity (Wildman–Crippen MR) is 74.8 cm³/mol. The van der Waals surface area contributed by atoms with Crippen molar-refractivity contribution in [1.29, 1.82) is 0 Å². The van der Waals surface area contributed by atoms with Crippen molar-refractivity contribution in [2.24, 2.45) is 4.99 Å². The van der Waals surface area contributed by atoms with Crippen LogP contribution in [-0.4, -0.2) is 24.5 Å². The van der Waals surface area contributed by atoms with E-state index < -0.39 is 13.3 Å². The van der Waals surface area contributed by atoms with Crippen molar-refractivity contribution >= 4 is 19.0 Å². The Morgan fingerprint density at radius 3 is 2.00 bits per heavy atom. The van der Waals surface area contributed by atoms with Gasteiger partial charge in [0.1, 0.15) is 0 Å². The summed E-state index contributed by atoms with van der Waals surface area (Å²) in [5, 5.41) is 0. The van der Waals surface area contributed by atoms with Crippen LogP contribution in [-0.2, 0) is 0 Å². The molecule has 0 fully saturated rings. The van der Waals surface area contributed by atoms with Crippen LogP contribution in [0.2, 0.25) is 22.0 Å². The normalized spacial score (nSPS) is 17.2. The Labute approximate surface area is 98.4 Å². The Morgan fingerprint density at radius 1 is 1.20 bits per heavy atom. The summed E-state index contributed by atoms with van der Waals surface area (Å²) in [4.78, 5) is 4.61. The molecule has 1 atom stereocenters. The molecule has 0 aliphatic heterocycles. The Morgan fingerprint density at radius 2 is 1.67 bits per heavy atom. The molecule has 0 radical (unpaired) electrons. The zero-order chi connectivity index (χ0) is 12.3. The maximum atomic E-state index is 4.61. The van der Waals surface area contributed by atoms with Gasteiger partial charge in [0.15, 0.2) is 0 Å². The molecule has 0 saturated carbocycles. The quantitative estimate of drug-likeness (QED) is 0.527. The number of nitrogens with zero attached hydrogens (tertiary/aromatic N) is 1. The summed E-state index contributed by atoms with van der Waals surface area (Å²) in [7, 11) is 0. The second kappa shape index (κ2) is 5.33. The average molecular weight is 270 g/mol. The Hall–Kier alpha value is -0.0471. The van der Waals surface area contributed by atoms with Crippen molar-refractivity contribution in [2.75, 3.05) is 0 Å². The summed E-state index contributed by atoms with van der Waals surface area (Å²) < 4.78 is 0.759. The maximum absolute atomic E-state index is 4.61. The molecule has 0 aliphatic rings. The summed E-state index contributed by atoms with van der Waals surface area (Å²) in [6, 6.07) is 0. The molecule has 0 aromatic heterocycles. The third-order valence-corrected chi connectivity index (χ3v) is 8.64. The number of aliphatic imine (C=N–C) groups is 1. The van der Waals surface area contributed by atoms with Crippen molar-refractivity contribution in [2.45, 2.75) is 62.2 Å². The monoisotopic (exact) mass is 271 g/mol. The second-order valence-corrected chi connectivity index (χ2v) is 18.3. The van der Waals surface area contributed by atoms with Gasteiger partial charge < -0.3 is 0 Å². The Kier molecular flexibility index (Phi) is 5.32. The standard InChI is InChI=1S/C13H27GeN/c1-11(14(6,7)8)9-10-12(2)15-13(3,4)5/h9-11H,1-8H3/b10-9+,15-12?. The van der Waals surface area contributed by atoms with E-state index in [4.69, 9.17) is 0 Å². The van der Waals surface area contributed by atoms with Crippen LogP contribution in [0, 0.1) is 0 Å². The van der Waals surface area contributed by atoms with E-state index in [1.807, 2.05) is 0 Å². The fourth-order valence-corrected chi connectivity index (χ4v) is 2.55. The van der Waals surface area contributed by atoms with E-state index in [0.717, 1.165) is 10.5 Å². The summed E-state index contributed by atoms with van der Waals surface area (Å²) in [6.07, 6.45) is 4.52. The van der Waals surface area contributed by atoms with E-state index >= 15 is 0 Å². The predicted octanol–water partition coefficient (Wildman–Crippen LogP) is 4.53. The van der Waals surface area contributed by atoms with Crippen LogP contribution >= 0.6 is 0 Å². The number of allylic oxidation sites excluding steroid dienone is 2. The van der Waals surface area contributed by atoms with Gasteiger partial charge in [-0.2, -0.15) is 0 Å². The molecule has 0 heterocycles. The van der Waals surface area contributed by atoms with E-state index in [-0.39, 0.29) is 5.54 Å². The SMILES string of the molecule is CC(/C=C/[CH](C)[Ge]([CH3])([CH3])[CH3])=NC(C)(C)C. The molecule has 0 aromatic rings. The number of rotatable bonds is 3. The topological polar surface area (TPSA) is 12.4 Å². The van der Waals surface area contributed by atoms with E-state index in [1.54, 1.807) is 0 Å². The summed E-state index contributed by atoms with van der Waals surface area (Å²) >= 11 is -1.50. The molecule has 0 N–H and O–H groups in total. The first-order chi connectivity index (χ1) is 6.52. The second-order valence-electron chi connectivity index (χ2n) is 6.44. The van der Waals surface area contributed by atoms with Crippen LogP contribution in [0.3, 0.4) is 0 Å². The number of hydrogen-bond acceptors (Lipinski definition) is 1. The molecule has 0 rings (SSSR count). The summed E-state index contributed by atoms with van der Waals surface area (Å²) in [6.45, 7) is 10.8. The molecule has 0 saturated heterocycles. The molecular weight excluding hydrogens is 243 g/mol. The van der Waals surface area contributed by atoms with Gasteiger partial charge in [-0.1, -0.05) is 0 Å². The van der Waals surface area contributed by atoms with Gasteiger partial charge in [0.05, 0.1) is 0 Å². The Bertz CT molecular complexity index is 251. The third kappa shape index (κ3) is 7.83. The van der Waals surface area contributed by atoms with Crippen molar-refractivity contribution in [3.8, 4) is 0 Å². The first kappa shape index (κ1) is 15.0. The van der Waals surface area contributed by atoms with Crippen LogP contribution in [0.25, 0.3) is 0 Å². The van der Waals surface area contributed by atoms with Crippen LogP contribution < -0.4 is 0 Å². The van der Waals surface area contributed by atoms with Crippen LogP contribution in [0.4, 0.5) is 0 Å². The fraction of sp³-hybridized carbons (Fsp3) is 0.769. The van der Waals surface area contributed by atoms with Crippen LogP contribution in [0.15, 0.2) is 17.1 Å². The van der Waals surface area contributed by atoms with Gasteiger partial charge >= 0.3 is 98.3 Å². The minimum absolute atomic E-state index is 0.0425. The molecule has 1 nitrogen and oxygen atoms in total. The number of hydrogen-bond donors (Lipinski definition) is 0. The van der Waals surface area contributed by atoms with E-state index in [2.05, 4.69) is 69.0 Å². The molecule has 2 heteroatoms. The van der Waals surface area contributed by atoms with Crippen LogP contribution in [0.1, 0.15) is 34.6 Å². The average Bonchev–Trinajstić information content (AvgIpc) is 1.94. The fourth-order valence-electron chi connectivity index (χ4n) is 1.14. The molecular formula is C13H27GeN. The zero-order valence-corrected chi connectivity index (χ0v) is 13.8. The molecule has 15 heavy (non-hydrogen) atoms. The minimum atomic E-state index is -1.50. The van der Waals surface area contributed by atoms with E-state index in [9.17, 15) is 0 Å². The van der Waals surface area contributed by atoms with Gasteiger partial charge in [-0.15, -0.1) is 0 Å². The van der Waals surface area contributed by atoms with Crippen molar-refractivity contribution < 1.29 is 0 Å². The third-order valence-electron chi connectivity index (χ3n) is 2.50. The zero-order valence-electron chi connectivity index (χ0n) is 11.7. The van der Waals surface area contributed by atoms with E-state index in [0.29, 0.717) is 0 Å². The van der Waals surface area contributed by atoms with Crippen molar-refractivity contribution in [1.82, 2.24) is 0 Å². The summed E-state index contributed by atoms with van der Waals surface area (Å²) in [5.74, 6) is 7.35. The molecule has 0 spiro atoms. The Balaban J connectivity index is 4.49. The van der Waals surface area contributed by atoms with Gasteiger partial charge in [0.2, 0.25) is 0 Å². The van der Waals surface area contributed by atoms with Crippen molar-refractivity contribution in [3.05, 3.63) is 12.2 Å². The molecule has 0 amide bonds. The van der Waals surface area contributed by atoms with Crippen molar-refractivity contribution in [3.63, 3.8) is 0 Å². The molecule has 0 aliphatic carbocycles. The summed E-state index contributed by atoms with van der Waals surface area (Å²) in [5.41, 5.74) is 1.18. The first-order valence-electron chi connectivity index (χ1n) is 5.77. The van der Waals surface area contributed by atoms with Gasteiger partial charge in [0, 0.05) is 0 Å². The van der Waals surface area contributed by atoms with Gasteiger partial charge in [-0.3, -0.25) is 0 Å².